The van der Waals surface area contributed by atoms with E-state index in [0.29, 0.717) is 5.92 Å². The van der Waals surface area contributed by atoms with Crippen LogP contribution in [0.15, 0.2) is 18.2 Å². The highest BCUT2D eigenvalue weighted by Crippen LogP contribution is 2.21. The molecule has 1 aromatic carbocycles. The number of nitrogens with one attached hydrogen (secondary N) is 2. The van der Waals surface area contributed by atoms with Crippen LogP contribution in [0.1, 0.15) is 25.3 Å². The predicted octanol–water partition coefficient (Wildman–Crippen LogP) is 2.03. The summed E-state index contributed by atoms with van der Waals surface area (Å²) in [6.45, 7) is 4.94. The number of hydrogen-bond donors (Lipinski definition) is 3. The van der Waals surface area contributed by atoms with E-state index < -0.39 is 0 Å². The van der Waals surface area contributed by atoms with E-state index in [2.05, 4.69) is 17.6 Å². The maximum atomic E-state index is 12.1. The van der Waals surface area contributed by atoms with Crippen molar-refractivity contribution in [2.24, 2.45) is 5.92 Å². The molecule has 0 spiro atoms. The van der Waals surface area contributed by atoms with Gasteiger partial charge in [-0.1, -0.05) is 6.92 Å². The third-order valence-corrected chi connectivity index (χ3v) is 3.45. The van der Waals surface area contributed by atoms with E-state index in [1.54, 1.807) is 18.2 Å². The minimum Gasteiger partial charge on any atom is -0.508 e. The fraction of sp³-hybridized carbons (Fsp3) is 0.500. The molecule has 2 rings (SSSR count). The van der Waals surface area contributed by atoms with Crippen molar-refractivity contribution < 1.29 is 9.90 Å². The van der Waals surface area contributed by atoms with Crippen molar-refractivity contribution in [1.82, 2.24) is 5.32 Å². The van der Waals surface area contributed by atoms with Gasteiger partial charge in [-0.25, -0.2) is 0 Å². The number of hydrogen-bond acceptors (Lipinski definition) is 3. The molecule has 3 N–H and O–H groups in total. The van der Waals surface area contributed by atoms with Gasteiger partial charge in [0.15, 0.2) is 0 Å². The monoisotopic (exact) mass is 248 g/mol. The van der Waals surface area contributed by atoms with Crippen LogP contribution in [0.5, 0.6) is 5.75 Å². The van der Waals surface area contributed by atoms with E-state index >= 15 is 0 Å². The number of phenolic OH excluding ortho intramolecular Hbond substituents is 1. The minimum atomic E-state index is -0.109. The third-order valence-electron chi connectivity index (χ3n) is 3.45. The number of amides is 1. The van der Waals surface area contributed by atoms with Crippen LogP contribution in [0.4, 0.5) is 5.69 Å². The van der Waals surface area contributed by atoms with Crippen LogP contribution in [0.25, 0.3) is 0 Å². The summed E-state index contributed by atoms with van der Waals surface area (Å²) in [7, 11) is 0. The Bertz CT molecular complexity index is 445. The van der Waals surface area contributed by atoms with Crippen LogP contribution >= 0.6 is 0 Å². The van der Waals surface area contributed by atoms with E-state index in [0.717, 1.165) is 30.6 Å². The number of aryl methyl sites for hydroxylation is 1. The molecule has 0 saturated carbocycles. The van der Waals surface area contributed by atoms with Gasteiger partial charge in [-0.05, 0) is 56.0 Å². The molecule has 18 heavy (non-hydrogen) atoms. The molecule has 1 aliphatic rings. The van der Waals surface area contributed by atoms with Crippen molar-refractivity contribution in [3.8, 4) is 5.75 Å². The van der Waals surface area contributed by atoms with Gasteiger partial charge in [0.2, 0.25) is 5.91 Å². The average Bonchev–Trinajstić information content (AvgIpc) is 2.32. The lowest BCUT2D eigenvalue weighted by Crippen LogP contribution is -2.45. The zero-order valence-electron chi connectivity index (χ0n) is 10.9. The molecular formula is C14H20N2O2. The molecule has 0 aliphatic carbocycles. The van der Waals surface area contributed by atoms with Crippen molar-refractivity contribution in [3.63, 3.8) is 0 Å². The Morgan fingerprint density at radius 1 is 1.50 bits per heavy atom. The van der Waals surface area contributed by atoms with Crippen LogP contribution < -0.4 is 10.6 Å². The molecule has 2 unspecified atom stereocenters. The standard InChI is InChI=1S/C14H20N2O2/c1-9-5-6-15-13(7-9)14(18)16-12-4-3-11(17)8-10(12)2/h3-4,8-9,13,15,17H,5-7H2,1-2H3,(H,16,18). The third kappa shape index (κ3) is 3.01. The molecule has 0 aromatic heterocycles. The van der Waals surface area contributed by atoms with Crippen molar-refractivity contribution in [1.29, 1.82) is 0 Å². The van der Waals surface area contributed by atoms with Crippen molar-refractivity contribution >= 4 is 11.6 Å². The summed E-state index contributed by atoms with van der Waals surface area (Å²) in [6.07, 6.45) is 2.00. The van der Waals surface area contributed by atoms with E-state index in [-0.39, 0.29) is 17.7 Å². The largest absolute Gasteiger partial charge is 0.508 e. The summed E-state index contributed by atoms with van der Waals surface area (Å²) in [5.74, 6) is 0.813. The second-order valence-corrected chi connectivity index (χ2v) is 5.12. The highest BCUT2D eigenvalue weighted by Gasteiger charge is 2.24. The van der Waals surface area contributed by atoms with Crippen molar-refractivity contribution in [2.45, 2.75) is 32.7 Å². The molecule has 1 aliphatic heterocycles. The van der Waals surface area contributed by atoms with E-state index in [4.69, 9.17) is 0 Å². The van der Waals surface area contributed by atoms with Crippen LogP contribution in [-0.2, 0) is 4.79 Å². The zero-order valence-corrected chi connectivity index (χ0v) is 10.9. The number of carbonyl (C=O) groups excluding carboxylic acids is 1. The Hall–Kier alpha value is -1.55. The first-order valence-electron chi connectivity index (χ1n) is 6.40. The summed E-state index contributed by atoms with van der Waals surface area (Å²) in [5, 5.41) is 15.5. The summed E-state index contributed by atoms with van der Waals surface area (Å²) in [6, 6.07) is 4.85. The topological polar surface area (TPSA) is 61.4 Å². The average molecular weight is 248 g/mol. The lowest BCUT2D eigenvalue weighted by atomic mass is 9.94. The fourth-order valence-electron chi connectivity index (χ4n) is 2.32. The Balaban J connectivity index is 2.02. The number of piperidine rings is 1. The molecule has 1 heterocycles. The van der Waals surface area contributed by atoms with Crippen molar-refractivity contribution in [3.05, 3.63) is 23.8 Å². The molecule has 1 fully saturated rings. The van der Waals surface area contributed by atoms with E-state index in [9.17, 15) is 9.90 Å². The summed E-state index contributed by atoms with van der Waals surface area (Å²) >= 11 is 0. The van der Waals surface area contributed by atoms with Gasteiger partial charge in [-0.3, -0.25) is 4.79 Å². The van der Waals surface area contributed by atoms with Crippen molar-refractivity contribution in [2.75, 3.05) is 11.9 Å². The van der Waals surface area contributed by atoms with Crippen LogP contribution in [0.2, 0.25) is 0 Å². The molecular weight excluding hydrogens is 228 g/mol. The molecule has 4 nitrogen and oxygen atoms in total. The number of anilines is 1. The normalized spacial score (nSPS) is 23.7. The Labute approximate surface area is 107 Å². The van der Waals surface area contributed by atoms with Gasteiger partial charge in [0.1, 0.15) is 5.75 Å². The van der Waals surface area contributed by atoms with Crippen LogP contribution in [0.3, 0.4) is 0 Å². The maximum Gasteiger partial charge on any atom is 0.241 e. The highest BCUT2D eigenvalue weighted by atomic mass is 16.3. The second kappa shape index (κ2) is 5.40. The van der Waals surface area contributed by atoms with Gasteiger partial charge < -0.3 is 15.7 Å². The van der Waals surface area contributed by atoms with Gasteiger partial charge in [0.25, 0.3) is 0 Å². The molecule has 1 amide bonds. The Kier molecular flexibility index (Phi) is 3.87. The van der Waals surface area contributed by atoms with Gasteiger partial charge in [0.05, 0.1) is 6.04 Å². The number of aromatic hydroxyl groups is 1. The van der Waals surface area contributed by atoms with Gasteiger partial charge >= 0.3 is 0 Å². The predicted molar refractivity (Wildman–Crippen MR) is 71.7 cm³/mol. The van der Waals surface area contributed by atoms with Crippen LogP contribution in [0, 0.1) is 12.8 Å². The summed E-state index contributed by atoms with van der Waals surface area (Å²) in [4.78, 5) is 12.1. The molecule has 4 heteroatoms. The lowest BCUT2D eigenvalue weighted by Gasteiger charge is -2.27. The first kappa shape index (κ1) is 12.9. The highest BCUT2D eigenvalue weighted by molar-refractivity contribution is 5.95. The molecule has 98 valence electrons. The van der Waals surface area contributed by atoms with Crippen LogP contribution in [-0.4, -0.2) is 23.6 Å². The Morgan fingerprint density at radius 3 is 2.94 bits per heavy atom. The van der Waals surface area contributed by atoms with Gasteiger partial charge in [-0.2, -0.15) is 0 Å². The smallest absolute Gasteiger partial charge is 0.241 e. The van der Waals surface area contributed by atoms with E-state index in [1.807, 2.05) is 6.92 Å². The first-order valence-corrected chi connectivity index (χ1v) is 6.40. The SMILES string of the molecule is Cc1cc(O)ccc1NC(=O)C1CC(C)CCN1. The molecule has 0 bridgehead atoms. The first-order chi connectivity index (χ1) is 8.56. The summed E-state index contributed by atoms with van der Waals surface area (Å²) in [5.41, 5.74) is 1.63. The molecule has 1 aromatic rings. The quantitative estimate of drug-likeness (QED) is 0.702. The van der Waals surface area contributed by atoms with E-state index in [1.165, 1.54) is 0 Å². The molecule has 1 saturated heterocycles. The molecule has 0 radical (unpaired) electrons. The molecule has 2 atom stereocenters. The number of phenols is 1. The summed E-state index contributed by atoms with van der Waals surface area (Å²) < 4.78 is 0. The second-order valence-electron chi connectivity index (χ2n) is 5.12. The zero-order chi connectivity index (χ0) is 13.1. The lowest BCUT2D eigenvalue weighted by molar-refractivity contribution is -0.119. The minimum absolute atomic E-state index is 0.00957. The number of carbonyl (C=O) groups is 1. The number of rotatable bonds is 2. The van der Waals surface area contributed by atoms with Gasteiger partial charge in [-0.15, -0.1) is 0 Å². The fourth-order valence-corrected chi connectivity index (χ4v) is 2.32. The number of benzene rings is 1. The maximum absolute atomic E-state index is 12.1. The van der Waals surface area contributed by atoms with Gasteiger partial charge in [0, 0.05) is 5.69 Å². The Morgan fingerprint density at radius 2 is 2.28 bits per heavy atom.